The van der Waals surface area contributed by atoms with Crippen molar-refractivity contribution in [2.75, 3.05) is 0 Å². The largest absolute Gasteiger partial charge is 0.459 e. The van der Waals surface area contributed by atoms with Crippen LogP contribution in [0.15, 0.2) is 54.6 Å². The minimum absolute atomic E-state index is 0.139. The van der Waals surface area contributed by atoms with Crippen molar-refractivity contribution in [2.45, 2.75) is 71.8 Å². The van der Waals surface area contributed by atoms with Gasteiger partial charge >= 0.3 is 12.1 Å². The lowest BCUT2D eigenvalue weighted by atomic mass is 10.1. The molecule has 176 valence electrons. The summed E-state index contributed by atoms with van der Waals surface area (Å²) in [4.78, 5) is 30.1. The Morgan fingerprint density at radius 3 is 2.45 bits per heavy atom. The molecule has 2 aromatic carbocycles. The zero-order chi connectivity index (χ0) is 23.8. The third kappa shape index (κ3) is 7.07. The average molecular weight is 452 g/mol. The van der Waals surface area contributed by atoms with Crippen molar-refractivity contribution in [3.8, 4) is 0 Å². The number of ether oxygens (including phenoxy) is 2. The van der Waals surface area contributed by atoms with Gasteiger partial charge in [0.25, 0.3) is 0 Å². The zero-order valence-corrected chi connectivity index (χ0v) is 19.8. The normalized spacial score (nSPS) is 12.4. The molecule has 0 spiro atoms. The van der Waals surface area contributed by atoms with Crippen LogP contribution >= 0.6 is 0 Å². The summed E-state index contributed by atoms with van der Waals surface area (Å²) in [7, 11) is 0. The molecule has 0 aliphatic heterocycles. The maximum absolute atomic E-state index is 12.9. The van der Waals surface area contributed by atoms with Crippen molar-refractivity contribution in [3.63, 3.8) is 0 Å². The van der Waals surface area contributed by atoms with Gasteiger partial charge in [-0.05, 0) is 51.3 Å². The minimum atomic E-state index is -0.849. The molecule has 0 saturated heterocycles. The first kappa shape index (κ1) is 24.3. The molecule has 0 unspecified atom stereocenters. The number of esters is 1. The second kappa shape index (κ2) is 11.0. The summed E-state index contributed by atoms with van der Waals surface area (Å²) in [6.07, 6.45) is 1.17. The Bertz CT molecular complexity index is 1070. The van der Waals surface area contributed by atoms with Crippen LogP contribution in [-0.2, 0) is 33.8 Å². The first-order chi connectivity index (χ1) is 15.8. The number of aryl methyl sites for hydroxylation is 2. The van der Waals surface area contributed by atoms with E-state index >= 15 is 0 Å². The van der Waals surface area contributed by atoms with Gasteiger partial charge in [-0.1, -0.05) is 49.4 Å². The van der Waals surface area contributed by atoms with Gasteiger partial charge in [-0.15, -0.1) is 0 Å². The van der Waals surface area contributed by atoms with Gasteiger partial charge < -0.3 is 19.4 Å². The van der Waals surface area contributed by atoms with Crippen molar-refractivity contribution < 1.29 is 19.1 Å². The number of carbonyl (C=O) groups is 2. The van der Waals surface area contributed by atoms with Crippen molar-refractivity contribution >= 4 is 23.1 Å². The van der Waals surface area contributed by atoms with Gasteiger partial charge in [0.05, 0.1) is 11.0 Å². The number of hydrogen-bond donors (Lipinski definition) is 1. The molecule has 0 fully saturated rings. The van der Waals surface area contributed by atoms with Gasteiger partial charge in [-0.3, -0.25) is 0 Å². The van der Waals surface area contributed by atoms with Gasteiger partial charge in [-0.25, -0.2) is 14.6 Å². The fourth-order valence-electron chi connectivity index (χ4n) is 3.59. The predicted molar refractivity (Wildman–Crippen MR) is 128 cm³/mol. The van der Waals surface area contributed by atoms with E-state index in [9.17, 15) is 9.59 Å². The molecule has 1 aromatic heterocycles. The molecule has 0 aliphatic carbocycles. The molecule has 7 nitrogen and oxygen atoms in total. The molecular formula is C26H33N3O4. The summed E-state index contributed by atoms with van der Waals surface area (Å²) in [5.41, 5.74) is 2.20. The van der Waals surface area contributed by atoms with Crippen molar-refractivity contribution in [2.24, 2.45) is 0 Å². The van der Waals surface area contributed by atoms with Crippen molar-refractivity contribution in [1.82, 2.24) is 14.9 Å². The molecule has 7 heteroatoms. The summed E-state index contributed by atoms with van der Waals surface area (Å²) in [6.45, 7) is 8.43. The Balaban J connectivity index is 1.74. The first-order valence-electron chi connectivity index (χ1n) is 11.4. The lowest BCUT2D eigenvalue weighted by Crippen LogP contribution is -2.44. The molecule has 0 saturated carbocycles. The molecule has 1 heterocycles. The number of amides is 1. The molecule has 33 heavy (non-hydrogen) atoms. The van der Waals surface area contributed by atoms with Crippen LogP contribution < -0.4 is 5.32 Å². The van der Waals surface area contributed by atoms with E-state index in [2.05, 4.69) is 16.8 Å². The van der Waals surface area contributed by atoms with Crippen LogP contribution in [0.4, 0.5) is 4.79 Å². The smallest absolute Gasteiger partial charge is 0.408 e. The number of fused-ring (bicyclic) bond motifs is 1. The number of benzene rings is 2. The van der Waals surface area contributed by atoms with E-state index in [1.807, 2.05) is 54.6 Å². The summed E-state index contributed by atoms with van der Waals surface area (Å²) in [5, 5.41) is 2.69. The molecule has 1 N–H and O–H groups in total. The Hall–Kier alpha value is -3.35. The molecule has 0 radical (unpaired) electrons. The number of nitrogens with zero attached hydrogens (tertiary/aromatic N) is 2. The minimum Gasteiger partial charge on any atom is -0.459 e. The summed E-state index contributed by atoms with van der Waals surface area (Å²) < 4.78 is 13.1. The van der Waals surface area contributed by atoms with E-state index in [1.54, 1.807) is 20.8 Å². The van der Waals surface area contributed by atoms with Gasteiger partial charge in [0.1, 0.15) is 24.1 Å². The number of hydrogen-bond acceptors (Lipinski definition) is 5. The van der Waals surface area contributed by atoms with Gasteiger partial charge in [0.2, 0.25) is 0 Å². The molecule has 1 atom stereocenters. The fourth-order valence-corrected chi connectivity index (χ4v) is 3.59. The van der Waals surface area contributed by atoms with Crippen LogP contribution in [0.3, 0.4) is 0 Å². The second-order valence-electron chi connectivity index (χ2n) is 9.00. The predicted octanol–water partition coefficient (Wildman–Crippen LogP) is 5.02. The number of aromatic nitrogens is 2. The van der Waals surface area contributed by atoms with Crippen LogP contribution in [0.1, 0.15) is 51.9 Å². The Morgan fingerprint density at radius 2 is 1.76 bits per heavy atom. The SMILES string of the molecule is CCCn1c(CC[C@H](NC(=O)OC(C)(C)C)C(=O)OCc2ccccc2)nc2ccccc21. The summed E-state index contributed by atoms with van der Waals surface area (Å²) in [5.74, 6) is 0.382. The van der Waals surface area contributed by atoms with Gasteiger partial charge in [0, 0.05) is 13.0 Å². The number of para-hydroxylation sites is 2. The maximum Gasteiger partial charge on any atom is 0.408 e. The second-order valence-corrected chi connectivity index (χ2v) is 9.00. The first-order valence-corrected chi connectivity index (χ1v) is 11.4. The van der Waals surface area contributed by atoms with Crippen molar-refractivity contribution in [1.29, 1.82) is 0 Å². The monoisotopic (exact) mass is 451 g/mol. The highest BCUT2D eigenvalue weighted by Gasteiger charge is 2.26. The molecule has 1 amide bonds. The quantitative estimate of drug-likeness (QED) is 0.462. The van der Waals surface area contributed by atoms with Crippen molar-refractivity contribution in [3.05, 3.63) is 66.0 Å². The molecule has 0 aliphatic rings. The number of alkyl carbamates (subject to hydrolysis) is 1. The van der Waals surface area contributed by atoms with E-state index in [0.29, 0.717) is 12.8 Å². The third-order valence-electron chi connectivity index (χ3n) is 5.04. The number of nitrogens with one attached hydrogen (secondary N) is 1. The van der Waals surface area contributed by atoms with E-state index < -0.39 is 23.7 Å². The summed E-state index contributed by atoms with van der Waals surface area (Å²) >= 11 is 0. The van der Waals surface area contributed by atoms with Crippen LogP contribution in [0.25, 0.3) is 11.0 Å². The number of carbonyl (C=O) groups excluding carboxylic acids is 2. The third-order valence-corrected chi connectivity index (χ3v) is 5.04. The number of rotatable bonds is 9. The molecular weight excluding hydrogens is 418 g/mol. The van der Waals surface area contributed by atoms with Gasteiger partial charge in [0.15, 0.2) is 0 Å². The van der Waals surface area contributed by atoms with Crippen LogP contribution in [0.5, 0.6) is 0 Å². The van der Waals surface area contributed by atoms with E-state index in [1.165, 1.54) is 0 Å². The van der Waals surface area contributed by atoms with Crippen LogP contribution in [0.2, 0.25) is 0 Å². The topological polar surface area (TPSA) is 82.5 Å². The molecule has 0 bridgehead atoms. The highest BCUT2D eigenvalue weighted by molar-refractivity contribution is 5.81. The zero-order valence-electron chi connectivity index (χ0n) is 19.8. The lowest BCUT2D eigenvalue weighted by Gasteiger charge is -2.23. The Kier molecular flexibility index (Phi) is 8.09. The summed E-state index contributed by atoms with van der Waals surface area (Å²) in [6, 6.07) is 16.6. The van der Waals surface area contributed by atoms with E-state index in [0.717, 1.165) is 35.4 Å². The van der Waals surface area contributed by atoms with E-state index in [4.69, 9.17) is 14.5 Å². The Morgan fingerprint density at radius 1 is 1.06 bits per heavy atom. The standard InChI is InChI=1S/C26H33N3O4/c1-5-17-29-22-14-10-9-13-20(22)27-23(29)16-15-21(28-25(31)33-26(2,3)4)24(30)32-18-19-11-7-6-8-12-19/h6-14,21H,5,15-18H2,1-4H3,(H,28,31)/t21-/m0/s1. The number of imidazole rings is 1. The highest BCUT2D eigenvalue weighted by atomic mass is 16.6. The fraction of sp³-hybridized carbons (Fsp3) is 0.423. The molecule has 3 rings (SSSR count). The van der Waals surface area contributed by atoms with Crippen LogP contribution in [-0.4, -0.2) is 33.3 Å². The maximum atomic E-state index is 12.9. The van der Waals surface area contributed by atoms with Gasteiger partial charge in [-0.2, -0.15) is 0 Å². The molecule has 3 aromatic rings. The average Bonchev–Trinajstić information content (AvgIpc) is 3.12. The van der Waals surface area contributed by atoms with Crippen LogP contribution in [0, 0.1) is 0 Å². The van der Waals surface area contributed by atoms with E-state index in [-0.39, 0.29) is 6.61 Å². The highest BCUT2D eigenvalue weighted by Crippen LogP contribution is 2.19. The Labute approximate surface area is 195 Å². The lowest BCUT2D eigenvalue weighted by molar-refractivity contribution is -0.147.